The molecule has 1 aliphatic heterocycles. The van der Waals surface area contributed by atoms with E-state index in [1.165, 1.54) is 11.1 Å². The van der Waals surface area contributed by atoms with E-state index in [-0.39, 0.29) is 12.4 Å². The Bertz CT molecular complexity index is 301. The number of rotatable bonds is 1. The lowest BCUT2D eigenvalue weighted by molar-refractivity contribution is 0.236. The number of nitrogens with two attached hydrogens (primary N) is 1. The maximum absolute atomic E-state index is 5.77. The van der Waals surface area contributed by atoms with Crippen molar-refractivity contribution in [3.63, 3.8) is 0 Å². The summed E-state index contributed by atoms with van der Waals surface area (Å²) in [4.78, 5) is 2.34. The highest BCUT2D eigenvalue weighted by atomic mass is 35.5. The first-order valence-electron chi connectivity index (χ1n) is 4.81. The Kier molecular flexibility index (Phi) is 3.93. The Morgan fingerprint density at radius 3 is 2.86 bits per heavy atom. The van der Waals surface area contributed by atoms with Crippen LogP contribution in [-0.4, -0.2) is 25.0 Å². The summed E-state index contributed by atoms with van der Waals surface area (Å²) in [7, 11) is 2.15. The second-order valence-corrected chi connectivity index (χ2v) is 3.68. The Balaban J connectivity index is 0.000000980. The molecule has 0 aromatic heterocycles. The van der Waals surface area contributed by atoms with Gasteiger partial charge >= 0.3 is 0 Å². The molecule has 0 saturated heterocycles. The van der Waals surface area contributed by atoms with E-state index >= 15 is 0 Å². The summed E-state index contributed by atoms with van der Waals surface area (Å²) in [6.45, 7) is 1.84. The number of nitrogens with zero attached hydrogens (tertiary/aromatic N) is 1. The van der Waals surface area contributed by atoms with Crippen LogP contribution in [0.3, 0.4) is 0 Å². The van der Waals surface area contributed by atoms with Crippen molar-refractivity contribution in [1.82, 2.24) is 4.90 Å². The molecule has 2 nitrogen and oxygen atoms in total. The predicted molar refractivity (Wildman–Crippen MR) is 61.8 cm³/mol. The third-order valence-corrected chi connectivity index (χ3v) is 2.90. The van der Waals surface area contributed by atoms with Crippen molar-refractivity contribution in [2.24, 2.45) is 5.73 Å². The molecule has 0 amide bonds. The van der Waals surface area contributed by atoms with Gasteiger partial charge in [-0.05, 0) is 24.6 Å². The summed E-state index contributed by atoms with van der Waals surface area (Å²) in [5.74, 6) is 0. The topological polar surface area (TPSA) is 29.3 Å². The Morgan fingerprint density at radius 2 is 2.14 bits per heavy atom. The molecule has 0 aliphatic carbocycles. The van der Waals surface area contributed by atoms with Crippen molar-refractivity contribution in [2.45, 2.75) is 12.5 Å². The highest BCUT2D eigenvalue weighted by molar-refractivity contribution is 5.85. The molecule has 0 radical (unpaired) electrons. The van der Waals surface area contributed by atoms with Crippen LogP contribution in [0, 0.1) is 0 Å². The highest BCUT2D eigenvalue weighted by Gasteiger charge is 2.22. The normalized spacial score (nSPS) is 21.1. The van der Waals surface area contributed by atoms with E-state index in [4.69, 9.17) is 5.73 Å². The van der Waals surface area contributed by atoms with E-state index in [1.807, 2.05) is 0 Å². The summed E-state index contributed by atoms with van der Waals surface area (Å²) >= 11 is 0. The van der Waals surface area contributed by atoms with Crippen LogP contribution in [0.4, 0.5) is 0 Å². The summed E-state index contributed by atoms with van der Waals surface area (Å²) in [6, 6.07) is 9.04. The Morgan fingerprint density at radius 1 is 1.43 bits per heavy atom. The van der Waals surface area contributed by atoms with Crippen molar-refractivity contribution in [3.05, 3.63) is 35.4 Å². The zero-order valence-electron chi connectivity index (χ0n) is 8.44. The highest BCUT2D eigenvalue weighted by Crippen LogP contribution is 2.26. The van der Waals surface area contributed by atoms with Gasteiger partial charge in [-0.3, -0.25) is 4.90 Å². The molecule has 1 aliphatic rings. The third-order valence-electron chi connectivity index (χ3n) is 2.90. The van der Waals surface area contributed by atoms with Crippen LogP contribution in [0.1, 0.15) is 17.2 Å². The number of hydrogen-bond donors (Lipinski definition) is 1. The second-order valence-electron chi connectivity index (χ2n) is 3.68. The van der Waals surface area contributed by atoms with Gasteiger partial charge in [-0.25, -0.2) is 0 Å². The average molecular weight is 213 g/mol. The van der Waals surface area contributed by atoms with E-state index < -0.39 is 0 Å². The average Bonchev–Trinajstić information content (AvgIpc) is 2.18. The standard InChI is InChI=1S/C11H16N2.ClH/c1-13-7-6-9-4-2-3-5-10(9)11(13)8-12;/h2-5,11H,6-8,12H2,1H3;1H. The number of likely N-dealkylation sites (N-methyl/N-ethyl adjacent to an activating group) is 1. The predicted octanol–water partition coefficient (Wildman–Crippen LogP) is 1.60. The maximum atomic E-state index is 5.77. The SMILES string of the molecule is CN1CCc2ccccc2C1CN.Cl. The van der Waals surface area contributed by atoms with E-state index in [9.17, 15) is 0 Å². The first-order valence-corrected chi connectivity index (χ1v) is 4.81. The minimum atomic E-state index is 0. The molecule has 0 saturated carbocycles. The van der Waals surface area contributed by atoms with Crippen molar-refractivity contribution in [2.75, 3.05) is 20.1 Å². The molecule has 0 fully saturated rings. The van der Waals surface area contributed by atoms with Crippen LogP contribution >= 0.6 is 12.4 Å². The maximum Gasteiger partial charge on any atom is 0.0470 e. The van der Waals surface area contributed by atoms with Gasteiger partial charge in [0.25, 0.3) is 0 Å². The molecule has 1 atom stereocenters. The number of benzene rings is 1. The lowest BCUT2D eigenvalue weighted by Gasteiger charge is -2.33. The molecule has 1 heterocycles. The van der Waals surface area contributed by atoms with Gasteiger partial charge in [0.05, 0.1) is 0 Å². The fourth-order valence-corrected chi connectivity index (χ4v) is 2.08. The van der Waals surface area contributed by atoms with E-state index in [0.717, 1.165) is 13.0 Å². The van der Waals surface area contributed by atoms with Gasteiger partial charge in [-0.2, -0.15) is 0 Å². The van der Waals surface area contributed by atoms with Crippen LogP contribution in [0.2, 0.25) is 0 Å². The molecular weight excluding hydrogens is 196 g/mol. The summed E-state index contributed by atoms with van der Waals surface area (Å²) < 4.78 is 0. The van der Waals surface area contributed by atoms with Gasteiger partial charge in [-0.1, -0.05) is 24.3 Å². The van der Waals surface area contributed by atoms with Crippen molar-refractivity contribution >= 4 is 12.4 Å². The van der Waals surface area contributed by atoms with Gasteiger partial charge in [-0.15, -0.1) is 12.4 Å². The summed E-state index contributed by atoms with van der Waals surface area (Å²) in [5.41, 5.74) is 8.65. The van der Waals surface area contributed by atoms with E-state index in [2.05, 4.69) is 36.2 Å². The smallest absolute Gasteiger partial charge is 0.0470 e. The number of hydrogen-bond acceptors (Lipinski definition) is 2. The van der Waals surface area contributed by atoms with Gasteiger partial charge in [0, 0.05) is 19.1 Å². The van der Waals surface area contributed by atoms with Crippen LogP contribution in [0.15, 0.2) is 24.3 Å². The molecule has 1 unspecified atom stereocenters. The van der Waals surface area contributed by atoms with Crippen molar-refractivity contribution in [1.29, 1.82) is 0 Å². The fourth-order valence-electron chi connectivity index (χ4n) is 2.08. The monoisotopic (exact) mass is 212 g/mol. The zero-order valence-corrected chi connectivity index (χ0v) is 9.26. The minimum absolute atomic E-state index is 0. The number of fused-ring (bicyclic) bond motifs is 1. The lowest BCUT2D eigenvalue weighted by Crippen LogP contribution is -2.36. The molecule has 3 heteroatoms. The molecule has 0 spiro atoms. The molecule has 2 N–H and O–H groups in total. The van der Waals surface area contributed by atoms with E-state index in [1.54, 1.807) is 0 Å². The minimum Gasteiger partial charge on any atom is -0.329 e. The summed E-state index contributed by atoms with van der Waals surface area (Å²) in [5, 5.41) is 0. The van der Waals surface area contributed by atoms with Crippen LogP contribution < -0.4 is 5.73 Å². The Labute approximate surface area is 91.5 Å². The second kappa shape index (κ2) is 4.78. The quantitative estimate of drug-likeness (QED) is 0.766. The zero-order chi connectivity index (χ0) is 9.26. The molecule has 14 heavy (non-hydrogen) atoms. The van der Waals surface area contributed by atoms with Gasteiger partial charge in [0.1, 0.15) is 0 Å². The Hall–Kier alpha value is -0.570. The lowest BCUT2D eigenvalue weighted by atomic mass is 9.93. The van der Waals surface area contributed by atoms with Gasteiger partial charge in [0.2, 0.25) is 0 Å². The molecule has 0 bridgehead atoms. The third kappa shape index (κ3) is 1.92. The molecule has 1 aromatic rings. The molecule has 2 rings (SSSR count). The van der Waals surface area contributed by atoms with Gasteiger partial charge < -0.3 is 5.73 Å². The van der Waals surface area contributed by atoms with Crippen LogP contribution in [0.25, 0.3) is 0 Å². The molecular formula is C11H17ClN2. The largest absolute Gasteiger partial charge is 0.329 e. The van der Waals surface area contributed by atoms with Crippen molar-refractivity contribution in [3.8, 4) is 0 Å². The molecule has 78 valence electrons. The molecule has 1 aromatic carbocycles. The van der Waals surface area contributed by atoms with Gasteiger partial charge in [0.15, 0.2) is 0 Å². The first-order chi connectivity index (χ1) is 6.33. The summed E-state index contributed by atoms with van der Waals surface area (Å²) in [6.07, 6.45) is 1.16. The van der Waals surface area contributed by atoms with Crippen LogP contribution in [-0.2, 0) is 6.42 Å². The van der Waals surface area contributed by atoms with Crippen LogP contribution in [0.5, 0.6) is 0 Å². The van der Waals surface area contributed by atoms with Crippen molar-refractivity contribution < 1.29 is 0 Å². The van der Waals surface area contributed by atoms with E-state index in [0.29, 0.717) is 12.6 Å². The first kappa shape index (κ1) is 11.5. The fraction of sp³-hybridized carbons (Fsp3) is 0.455. The number of halogens is 1.